The minimum absolute atomic E-state index is 0.107. The van der Waals surface area contributed by atoms with Crippen LogP contribution in [0.1, 0.15) is 6.42 Å². The van der Waals surface area contributed by atoms with Crippen LogP contribution >= 0.6 is 11.8 Å². The van der Waals surface area contributed by atoms with E-state index < -0.39 is 17.6 Å². The van der Waals surface area contributed by atoms with Crippen molar-refractivity contribution in [2.75, 3.05) is 5.75 Å². The van der Waals surface area contributed by atoms with E-state index in [1.165, 1.54) is 6.07 Å². The number of carbonyl (C=O) groups is 1. The number of hydrogen-bond donors (Lipinski definition) is 0. The molecule has 76 valence electrons. The standard InChI is InChI=1S/C9H8F2O2S/c10-7-2-1-6(5-8(7)11)14-4-3-9(12)13/h1-2,5H,3-4H2,(H,12,13)/p-1. The Labute approximate surface area is 83.9 Å². The van der Waals surface area contributed by atoms with E-state index in [1.807, 2.05) is 0 Å². The molecule has 0 aliphatic heterocycles. The Bertz CT molecular complexity index is 342. The van der Waals surface area contributed by atoms with Gasteiger partial charge in [0.2, 0.25) is 0 Å². The second kappa shape index (κ2) is 4.95. The molecule has 0 fully saturated rings. The highest BCUT2D eigenvalue weighted by atomic mass is 32.2. The van der Waals surface area contributed by atoms with E-state index in [9.17, 15) is 18.7 Å². The quantitative estimate of drug-likeness (QED) is 0.711. The zero-order chi connectivity index (χ0) is 10.6. The molecule has 0 atom stereocenters. The number of carboxylic acids is 1. The molecule has 5 heteroatoms. The molecule has 2 nitrogen and oxygen atoms in total. The Morgan fingerprint density at radius 3 is 2.64 bits per heavy atom. The van der Waals surface area contributed by atoms with E-state index in [4.69, 9.17) is 0 Å². The third-order valence-electron chi connectivity index (χ3n) is 1.47. The van der Waals surface area contributed by atoms with E-state index in [1.54, 1.807) is 0 Å². The molecule has 0 aliphatic rings. The van der Waals surface area contributed by atoms with Gasteiger partial charge in [-0.05, 0) is 24.6 Å². The molecule has 0 amide bonds. The van der Waals surface area contributed by atoms with Crippen LogP contribution < -0.4 is 5.11 Å². The summed E-state index contributed by atoms with van der Waals surface area (Å²) in [7, 11) is 0. The summed E-state index contributed by atoms with van der Waals surface area (Å²) in [6.07, 6.45) is -0.107. The van der Waals surface area contributed by atoms with Crippen LogP contribution in [0.5, 0.6) is 0 Å². The highest BCUT2D eigenvalue weighted by Gasteiger charge is 2.02. The molecule has 0 spiro atoms. The third kappa shape index (κ3) is 3.33. The van der Waals surface area contributed by atoms with Gasteiger partial charge in [-0.15, -0.1) is 11.8 Å². The van der Waals surface area contributed by atoms with Gasteiger partial charge in [0.1, 0.15) is 0 Å². The van der Waals surface area contributed by atoms with E-state index in [2.05, 4.69) is 0 Å². The first-order valence-electron chi connectivity index (χ1n) is 3.87. The third-order valence-corrected chi connectivity index (χ3v) is 2.46. The van der Waals surface area contributed by atoms with Crippen LogP contribution in [0.4, 0.5) is 8.78 Å². The van der Waals surface area contributed by atoms with Crippen LogP contribution in [-0.4, -0.2) is 11.7 Å². The number of thioether (sulfide) groups is 1. The maximum Gasteiger partial charge on any atom is 0.159 e. The monoisotopic (exact) mass is 217 g/mol. The van der Waals surface area contributed by atoms with Crippen molar-refractivity contribution >= 4 is 17.7 Å². The van der Waals surface area contributed by atoms with Gasteiger partial charge in [0, 0.05) is 16.6 Å². The molecule has 0 aromatic heterocycles. The number of carboxylic acid groups (broad SMARTS) is 1. The number of carbonyl (C=O) groups excluding carboxylic acids is 1. The van der Waals surface area contributed by atoms with Gasteiger partial charge in [-0.2, -0.15) is 0 Å². The fourth-order valence-corrected chi connectivity index (χ4v) is 1.67. The molecule has 14 heavy (non-hydrogen) atoms. The molecule has 0 N–H and O–H groups in total. The first-order valence-corrected chi connectivity index (χ1v) is 4.86. The number of aliphatic carboxylic acids is 1. The molecule has 0 heterocycles. The fourth-order valence-electron chi connectivity index (χ4n) is 0.819. The van der Waals surface area contributed by atoms with E-state index in [0.29, 0.717) is 4.90 Å². The zero-order valence-corrected chi connectivity index (χ0v) is 7.94. The number of halogens is 2. The first-order chi connectivity index (χ1) is 6.59. The number of benzene rings is 1. The maximum atomic E-state index is 12.6. The maximum absolute atomic E-state index is 12.6. The van der Waals surface area contributed by atoms with Gasteiger partial charge in [-0.1, -0.05) is 0 Å². The summed E-state index contributed by atoms with van der Waals surface area (Å²) >= 11 is 1.14. The lowest BCUT2D eigenvalue weighted by molar-refractivity contribution is -0.305. The Morgan fingerprint density at radius 1 is 1.36 bits per heavy atom. The van der Waals surface area contributed by atoms with Gasteiger partial charge in [0.15, 0.2) is 11.6 Å². The minimum atomic E-state index is -1.15. The van der Waals surface area contributed by atoms with Crippen LogP contribution in [-0.2, 0) is 4.79 Å². The SMILES string of the molecule is O=C([O-])CCSc1ccc(F)c(F)c1. The second-order valence-corrected chi connectivity index (χ2v) is 3.71. The molecule has 0 bridgehead atoms. The van der Waals surface area contributed by atoms with Crippen LogP contribution in [0.15, 0.2) is 23.1 Å². The zero-order valence-electron chi connectivity index (χ0n) is 7.13. The largest absolute Gasteiger partial charge is 0.550 e. The van der Waals surface area contributed by atoms with E-state index in [0.717, 1.165) is 23.9 Å². The van der Waals surface area contributed by atoms with Crippen molar-refractivity contribution in [3.8, 4) is 0 Å². The lowest BCUT2D eigenvalue weighted by Crippen LogP contribution is -2.22. The van der Waals surface area contributed by atoms with Gasteiger partial charge >= 0.3 is 0 Å². The fraction of sp³-hybridized carbons (Fsp3) is 0.222. The Balaban J connectivity index is 2.51. The van der Waals surface area contributed by atoms with Crippen molar-refractivity contribution in [1.29, 1.82) is 0 Å². The Morgan fingerprint density at radius 2 is 2.07 bits per heavy atom. The molecule has 1 aromatic carbocycles. The average Bonchev–Trinajstić information content (AvgIpc) is 2.10. The topological polar surface area (TPSA) is 40.1 Å². The smallest absolute Gasteiger partial charge is 0.159 e. The number of hydrogen-bond acceptors (Lipinski definition) is 3. The summed E-state index contributed by atoms with van der Waals surface area (Å²) in [5.74, 6) is -2.70. The van der Waals surface area contributed by atoms with Gasteiger partial charge in [0.25, 0.3) is 0 Å². The summed E-state index contributed by atoms with van der Waals surface area (Å²) in [5.41, 5.74) is 0. The molecule has 0 saturated heterocycles. The average molecular weight is 217 g/mol. The van der Waals surface area contributed by atoms with Crippen molar-refractivity contribution in [3.63, 3.8) is 0 Å². The number of rotatable bonds is 4. The second-order valence-electron chi connectivity index (χ2n) is 2.55. The van der Waals surface area contributed by atoms with Crippen LogP contribution in [0.25, 0.3) is 0 Å². The summed E-state index contributed by atoms with van der Waals surface area (Å²) in [4.78, 5) is 10.6. The molecule has 0 radical (unpaired) electrons. The van der Waals surface area contributed by atoms with Crippen molar-refractivity contribution in [3.05, 3.63) is 29.8 Å². The van der Waals surface area contributed by atoms with Crippen molar-refractivity contribution in [2.45, 2.75) is 11.3 Å². The predicted molar refractivity (Wildman–Crippen MR) is 46.7 cm³/mol. The summed E-state index contributed by atoms with van der Waals surface area (Å²) in [6.45, 7) is 0. The highest BCUT2D eigenvalue weighted by molar-refractivity contribution is 7.99. The van der Waals surface area contributed by atoms with Crippen molar-refractivity contribution in [2.24, 2.45) is 0 Å². The first kappa shape index (κ1) is 11.0. The molecular weight excluding hydrogens is 210 g/mol. The minimum Gasteiger partial charge on any atom is -0.550 e. The molecule has 1 rings (SSSR count). The molecular formula is C9H7F2O2S-. The van der Waals surface area contributed by atoms with Crippen molar-refractivity contribution < 1.29 is 18.7 Å². The predicted octanol–water partition coefficient (Wildman–Crippen LogP) is 1.20. The Hall–Kier alpha value is -1.10. The Kier molecular flexibility index (Phi) is 3.88. The van der Waals surface area contributed by atoms with E-state index >= 15 is 0 Å². The summed E-state index contributed by atoms with van der Waals surface area (Å²) < 4.78 is 25.1. The van der Waals surface area contributed by atoms with Gasteiger partial charge in [0.05, 0.1) is 0 Å². The van der Waals surface area contributed by atoms with Gasteiger partial charge < -0.3 is 9.90 Å². The summed E-state index contributed by atoms with van der Waals surface area (Å²) in [5, 5.41) is 10.1. The molecule has 0 saturated carbocycles. The normalized spacial score (nSPS) is 10.1. The van der Waals surface area contributed by atoms with Crippen LogP contribution in [0.2, 0.25) is 0 Å². The summed E-state index contributed by atoms with van der Waals surface area (Å²) in [6, 6.07) is 3.45. The molecule has 0 aliphatic carbocycles. The highest BCUT2D eigenvalue weighted by Crippen LogP contribution is 2.20. The van der Waals surface area contributed by atoms with E-state index in [-0.39, 0.29) is 12.2 Å². The van der Waals surface area contributed by atoms with Crippen LogP contribution in [0, 0.1) is 11.6 Å². The lowest BCUT2D eigenvalue weighted by atomic mass is 10.3. The van der Waals surface area contributed by atoms with Crippen molar-refractivity contribution in [1.82, 2.24) is 0 Å². The molecule has 1 aromatic rings. The van der Waals surface area contributed by atoms with Gasteiger partial charge in [-0.25, -0.2) is 8.78 Å². The molecule has 0 unspecified atom stereocenters. The lowest BCUT2D eigenvalue weighted by Gasteiger charge is -2.02. The van der Waals surface area contributed by atoms with Crippen LogP contribution in [0.3, 0.4) is 0 Å². The van der Waals surface area contributed by atoms with Gasteiger partial charge in [-0.3, -0.25) is 0 Å².